The first-order chi connectivity index (χ1) is 10.2. The third-order valence-corrected chi connectivity index (χ3v) is 4.49. The smallest absolute Gasteiger partial charge is 0.261 e. The summed E-state index contributed by atoms with van der Waals surface area (Å²) in [6, 6.07) is 6.58. The molecule has 1 aromatic rings. The van der Waals surface area contributed by atoms with E-state index in [2.05, 4.69) is 10.6 Å². The highest BCUT2D eigenvalue weighted by molar-refractivity contribution is 7.99. The monoisotopic (exact) mass is 341 g/mol. The van der Waals surface area contributed by atoms with Crippen LogP contribution in [0.25, 0.3) is 0 Å². The molecule has 8 heteroatoms. The summed E-state index contributed by atoms with van der Waals surface area (Å²) in [5.41, 5.74) is 0.866. The fourth-order valence-corrected chi connectivity index (χ4v) is 3.36. The largest absolute Gasteiger partial charge is 0.353 e. The zero-order valence-corrected chi connectivity index (χ0v) is 13.3. The molecule has 2 aliphatic heterocycles. The molecule has 3 rings (SSSR count). The molecular formula is C14H16ClN3O3S. The van der Waals surface area contributed by atoms with Gasteiger partial charge >= 0.3 is 0 Å². The molecule has 1 fully saturated rings. The Labute approximate surface area is 138 Å². The maximum Gasteiger partial charge on any atom is 0.261 e. The minimum Gasteiger partial charge on any atom is -0.353 e. The van der Waals surface area contributed by atoms with Gasteiger partial charge in [-0.15, -0.1) is 24.2 Å². The summed E-state index contributed by atoms with van der Waals surface area (Å²) in [5.74, 6) is 0.852. The number of carbonyl (C=O) groups is 3. The highest BCUT2D eigenvalue weighted by Gasteiger charge is 2.34. The van der Waals surface area contributed by atoms with Gasteiger partial charge in [-0.05, 0) is 12.1 Å². The number of rotatable bonds is 4. The molecule has 0 saturated carbocycles. The lowest BCUT2D eigenvalue weighted by atomic mass is 10.1. The molecule has 118 valence electrons. The van der Waals surface area contributed by atoms with Gasteiger partial charge in [0.05, 0.1) is 17.2 Å². The summed E-state index contributed by atoms with van der Waals surface area (Å²) in [6.45, 7) is 0.463. The van der Waals surface area contributed by atoms with E-state index in [0.29, 0.717) is 11.1 Å². The minimum atomic E-state index is -0.292. The van der Waals surface area contributed by atoms with E-state index in [-0.39, 0.29) is 49.3 Å². The number of amides is 3. The van der Waals surface area contributed by atoms with E-state index in [0.717, 1.165) is 11.6 Å². The second kappa shape index (κ2) is 7.13. The molecule has 2 heterocycles. The van der Waals surface area contributed by atoms with E-state index < -0.39 is 0 Å². The Hall–Kier alpha value is -1.57. The second-order valence-electron chi connectivity index (χ2n) is 4.87. The van der Waals surface area contributed by atoms with Crippen LogP contribution < -0.4 is 10.6 Å². The third-order valence-electron chi connectivity index (χ3n) is 3.55. The number of hydrogen-bond acceptors (Lipinski definition) is 5. The second-order valence-corrected chi connectivity index (χ2v) is 5.90. The Bertz CT molecular complexity index is 570. The zero-order valence-electron chi connectivity index (χ0n) is 11.7. The lowest BCUT2D eigenvalue weighted by molar-refractivity contribution is -0.122. The molecule has 0 spiro atoms. The average Bonchev–Trinajstić information content (AvgIpc) is 3.11. The maximum absolute atomic E-state index is 12.1. The van der Waals surface area contributed by atoms with Gasteiger partial charge in [0.2, 0.25) is 5.91 Å². The first kappa shape index (κ1) is 16.8. The number of thioether (sulfide) groups is 1. The van der Waals surface area contributed by atoms with Crippen molar-refractivity contribution in [1.29, 1.82) is 0 Å². The SMILES string of the molecule is Cl.O=C(NCCN1C(=O)c2ccccc2C1=O)C1CSCN1. The number of nitrogens with zero attached hydrogens (tertiary/aromatic N) is 1. The van der Waals surface area contributed by atoms with Crippen molar-refractivity contribution in [2.75, 3.05) is 24.7 Å². The molecule has 1 unspecified atom stereocenters. The van der Waals surface area contributed by atoms with E-state index in [9.17, 15) is 14.4 Å². The van der Waals surface area contributed by atoms with Crippen LogP contribution in [0.3, 0.4) is 0 Å². The van der Waals surface area contributed by atoms with Crippen LogP contribution in [-0.2, 0) is 4.79 Å². The van der Waals surface area contributed by atoms with E-state index in [1.807, 2.05) is 0 Å². The number of imide groups is 1. The van der Waals surface area contributed by atoms with Crippen molar-refractivity contribution in [3.63, 3.8) is 0 Å². The van der Waals surface area contributed by atoms with Gasteiger partial charge in [0.15, 0.2) is 0 Å². The van der Waals surface area contributed by atoms with Crippen LogP contribution in [0.2, 0.25) is 0 Å². The van der Waals surface area contributed by atoms with E-state index in [1.54, 1.807) is 36.0 Å². The molecule has 0 bridgehead atoms. The Morgan fingerprint density at radius 3 is 2.45 bits per heavy atom. The molecule has 0 radical (unpaired) electrons. The molecule has 2 N–H and O–H groups in total. The Morgan fingerprint density at radius 1 is 1.27 bits per heavy atom. The lowest BCUT2D eigenvalue weighted by Gasteiger charge is -2.15. The standard InChI is InChI=1S/C14H15N3O3S.ClH/c18-12(11-7-21-8-16-11)15-5-6-17-13(19)9-3-1-2-4-10(9)14(17)20;/h1-4,11,16H,5-8H2,(H,15,18);1H. The Balaban J connectivity index is 0.00000176. The number of benzene rings is 1. The molecular weight excluding hydrogens is 326 g/mol. The first-order valence-corrected chi connectivity index (χ1v) is 7.88. The van der Waals surface area contributed by atoms with Crippen LogP contribution in [0.15, 0.2) is 24.3 Å². The van der Waals surface area contributed by atoms with Gasteiger partial charge in [-0.3, -0.25) is 24.6 Å². The summed E-state index contributed by atoms with van der Waals surface area (Å²) in [4.78, 5) is 37.2. The minimum absolute atomic E-state index is 0. The highest BCUT2D eigenvalue weighted by Crippen LogP contribution is 2.21. The van der Waals surface area contributed by atoms with Crippen LogP contribution in [-0.4, -0.2) is 53.4 Å². The third kappa shape index (κ3) is 3.11. The topological polar surface area (TPSA) is 78.5 Å². The predicted molar refractivity (Wildman–Crippen MR) is 86.3 cm³/mol. The van der Waals surface area contributed by atoms with Crippen molar-refractivity contribution in [2.24, 2.45) is 0 Å². The summed E-state index contributed by atoms with van der Waals surface area (Å²) in [5, 5.41) is 5.83. The number of halogens is 1. The summed E-state index contributed by atoms with van der Waals surface area (Å²) in [6.07, 6.45) is 0. The molecule has 0 aliphatic carbocycles. The first-order valence-electron chi connectivity index (χ1n) is 6.72. The van der Waals surface area contributed by atoms with E-state index in [1.165, 1.54) is 4.90 Å². The van der Waals surface area contributed by atoms with Gasteiger partial charge in [-0.1, -0.05) is 12.1 Å². The fraction of sp³-hybridized carbons (Fsp3) is 0.357. The number of fused-ring (bicyclic) bond motifs is 1. The van der Waals surface area contributed by atoms with Crippen LogP contribution in [0.1, 0.15) is 20.7 Å². The quantitative estimate of drug-likeness (QED) is 0.779. The highest BCUT2D eigenvalue weighted by atomic mass is 35.5. The molecule has 1 saturated heterocycles. The molecule has 2 aliphatic rings. The van der Waals surface area contributed by atoms with E-state index >= 15 is 0 Å². The number of nitrogens with one attached hydrogen (secondary N) is 2. The van der Waals surface area contributed by atoms with Crippen molar-refractivity contribution in [2.45, 2.75) is 6.04 Å². The number of carbonyl (C=O) groups excluding carboxylic acids is 3. The van der Waals surface area contributed by atoms with Crippen molar-refractivity contribution in [3.8, 4) is 0 Å². The van der Waals surface area contributed by atoms with Crippen molar-refractivity contribution in [3.05, 3.63) is 35.4 Å². The Kier molecular flexibility index (Phi) is 5.44. The van der Waals surface area contributed by atoms with Crippen molar-refractivity contribution in [1.82, 2.24) is 15.5 Å². The molecule has 6 nitrogen and oxygen atoms in total. The molecule has 1 atom stereocenters. The van der Waals surface area contributed by atoms with Crippen molar-refractivity contribution < 1.29 is 14.4 Å². The average molecular weight is 342 g/mol. The number of hydrogen-bond donors (Lipinski definition) is 2. The van der Waals surface area contributed by atoms with Gasteiger partial charge in [0.25, 0.3) is 11.8 Å². The van der Waals surface area contributed by atoms with Crippen molar-refractivity contribution >= 4 is 41.9 Å². The van der Waals surface area contributed by atoms with Gasteiger partial charge in [-0.2, -0.15) is 0 Å². The predicted octanol–water partition coefficient (Wildman–Crippen LogP) is 0.483. The van der Waals surface area contributed by atoms with E-state index in [4.69, 9.17) is 0 Å². The molecule has 1 aromatic carbocycles. The van der Waals surface area contributed by atoms with Crippen LogP contribution >= 0.6 is 24.2 Å². The lowest BCUT2D eigenvalue weighted by Crippen LogP contribution is -2.45. The molecule has 3 amide bonds. The van der Waals surface area contributed by atoms with Gasteiger partial charge < -0.3 is 5.32 Å². The van der Waals surface area contributed by atoms with Crippen LogP contribution in [0.5, 0.6) is 0 Å². The fourth-order valence-electron chi connectivity index (χ4n) is 2.42. The maximum atomic E-state index is 12.1. The van der Waals surface area contributed by atoms with Gasteiger partial charge in [-0.25, -0.2) is 0 Å². The molecule has 22 heavy (non-hydrogen) atoms. The summed E-state index contributed by atoms with van der Waals surface area (Å²) < 4.78 is 0. The zero-order chi connectivity index (χ0) is 14.8. The molecule has 0 aromatic heterocycles. The van der Waals surface area contributed by atoms with Gasteiger partial charge in [0.1, 0.15) is 0 Å². The van der Waals surface area contributed by atoms with Crippen LogP contribution in [0.4, 0.5) is 0 Å². The van der Waals surface area contributed by atoms with Crippen LogP contribution in [0, 0.1) is 0 Å². The van der Waals surface area contributed by atoms with Gasteiger partial charge in [0, 0.05) is 24.7 Å². The normalized spacial score (nSPS) is 19.8. The Morgan fingerprint density at radius 2 is 1.91 bits per heavy atom. The summed E-state index contributed by atoms with van der Waals surface area (Å²) in [7, 11) is 0. The summed E-state index contributed by atoms with van der Waals surface area (Å²) >= 11 is 1.67.